The number of aliphatic carboxylic acids is 1. The number of aromatic nitrogens is 1. The van der Waals surface area contributed by atoms with Crippen molar-refractivity contribution in [2.24, 2.45) is 0 Å². The first kappa shape index (κ1) is 14.1. The highest BCUT2D eigenvalue weighted by Crippen LogP contribution is 2.31. The molecule has 2 rings (SSSR count). The van der Waals surface area contributed by atoms with E-state index in [1.165, 1.54) is 6.92 Å². The second-order valence-corrected chi connectivity index (χ2v) is 4.54. The van der Waals surface area contributed by atoms with Crippen molar-refractivity contribution in [2.75, 3.05) is 0 Å². The number of halogens is 1. The lowest BCUT2D eigenvalue weighted by molar-refractivity contribution is -0.138. The van der Waals surface area contributed by atoms with Crippen LogP contribution in [0.2, 0.25) is 5.15 Å². The predicted molar refractivity (Wildman–Crippen MR) is 73.0 cm³/mol. The number of nitrogens with zero attached hydrogens (tertiary/aromatic N) is 1. The summed E-state index contributed by atoms with van der Waals surface area (Å²) in [6.45, 7) is 1.31. The number of aromatic hydroxyl groups is 1. The summed E-state index contributed by atoms with van der Waals surface area (Å²) in [5, 5.41) is 22.0. The van der Waals surface area contributed by atoms with Gasteiger partial charge in [-0.1, -0.05) is 35.9 Å². The second kappa shape index (κ2) is 5.34. The van der Waals surface area contributed by atoms with Crippen molar-refractivity contribution in [3.05, 3.63) is 35.1 Å². The molecule has 0 spiro atoms. The van der Waals surface area contributed by atoms with Crippen molar-refractivity contribution in [3.8, 4) is 5.75 Å². The third kappa shape index (κ3) is 2.50. The summed E-state index contributed by atoms with van der Waals surface area (Å²) in [6.07, 6.45) is 0. The maximum atomic E-state index is 11.9. The summed E-state index contributed by atoms with van der Waals surface area (Å²) < 4.78 is 0. The highest BCUT2D eigenvalue weighted by Gasteiger charge is 2.21. The van der Waals surface area contributed by atoms with E-state index in [9.17, 15) is 14.7 Å². The van der Waals surface area contributed by atoms with Crippen molar-refractivity contribution >= 4 is 34.2 Å². The zero-order valence-corrected chi connectivity index (χ0v) is 11.2. The molecule has 0 aliphatic carbocycles. The zero-order valence-electron chi connectivity index (χ0n) is 10.4. The Hall–Kier alpha value is -2.34. The van der Waals surface area contributed by atoms with Gasteiger partial charge in [0.05, 0.1) is 0 Å². The van der Waals surface area contributed by atoms with Gasteiger partial charge in [-0.3, -0.25) is 9.59 Å². The zero-order chi connectivity index (χ0) is 14.9. The van der Waals surface area contributed by atoms with E-state index in [0.29, 0.717) is 10.8 Å². The summed E-state index contributed by atoms with van der Waals surface area (Å²) in [7, 11) is 0. The molecule has 1 heterocycles. The van der Waals surface area contributed by atoms with Crippen LogP contribution in [0.1, 0.15) is 17.4 Å². The van der Waals surface area contributed by atoms with Crippen LogP contribution in [0.5, 0.6) is 5.75 Å². The second-order valence-electron chi connectivity index (χ2n) is 4.18. The van der Waals surface area contributed by atoms with E-state index >= 15 is 0 Å². The molecule has 1 atom stereocenters. The molecule has 0 saturated heterocycles. The maximum Gasteiger partial charge on any atom is 0.325 e. The third-order valence-corrected chi connectivity index (χ3v) is 3.06. The normalized spacial score (nSPS) is 12.1. The van der Waals surface area contributed by atoms with Crippen molar-refractivity contribution in [1.29, 1.82) is 0 Å². The number of hydrogen-bond acceptors (Lipinski definition) is 4. The van der Waals surface area contributed by atoms with Gasteiger partial charge in [0.2, 0.25) is 0 Å². The minimum absolute atomic E-state index is 0.0616. The van der Waals surface area contributed by atoms with Crippen molar-refractivity contribution in [3.63, 3.8) is 0 Å². The SMILES string of the molecule is C[C@@H](NC(=O)c1nc(Cl)c2ccccc2c1O)C(=O)O. The molecule has 1 aromatic heterocycles. The maximum absolute atomic E-state index is 11.9. The van der Waals surface area contributed by atoms with E-state index in [-0.39, 0.29) is 16.6 Å². The fraction of sp³-hybridized carbons (Fsp3) is 0.154. The van der Waals surface area contributed by atoms with Gasteiger partial charge in [-0.05, 0) is 6.92 Å². The Morgan fingerprint density at radius 1 is 1.30 bits per heavy atom. The smallest absolute Gasteiger partial charge is 0.325 e. The number of carboxylic acid groups (broad SMARTS) is 1. The van der Waals surface area contributed by atoms with Gasteiger partial charge in [0.1, 0.15) is 11.2 Å². The molecule has 0 unspecified atom stereocenters. The number of amides is 1. The van der Waals surface area contributed by atoms with Crippen molar-refractivity contribution in [2.45, 2.75) is 13.0 Å². The molecule has 104 valence electrons. The Balaban J connectivity index is 2.47. The third-order valence-electron chi connectivity index (χ3n) is 2.77. The molecule has 0 saturated carbocycles. The molecule has 1 aromatic carbocycles. The van der Waals surface area contributed by atoms with E-state index in [2.05, 4.69) is 10.3 Å². The molecule has 6 nitrogen and oxygen atoms in total. The fourth-order valence-electron chi connectivity index (χ4n) is 1.69. The summed E-state index contributed by atoms with van der Waals surface area (Å²) in [4.78, 5) is 26.5. The number of rotatable bonds is 3. The Morgan fingerprint density at radius 2 is 1.90 bits per heavy atom. The standard InChI is InChI=1S/C13H11ClN2O4/c1-6(13(19)20)15-12(18)9-10(17)7-4-2-3-5-8(7)11(14)16-9/h2-6,17H,1H3,(H,15,18)(H,19,20)/t6-/m1/s1. The van der Waals surface area contributed by atoms with E-state index in [4.69, 9.17) is 16.7 Å². The van der Waals surface area contributed by atoms with Crippen LogP contribution in [0.15, 0.2) is 24.3 Å². The molecule has 20 heavy (non-hydrogen) atoms. The molecule has 0 radical (unpaired) electrons. The number of carbonyl (C=O) groups excluding carboxylic acids is 1. The Kier molecular flexibility index (Phi) is 3.76. The fourth-order valence-corrected chi connectivity index (χ4v) is 1.94. The lowest BCUT2D eigenvalue weighted by Crippen LogP contribution is -2.38. The van der Waals surface area contributed by atoms with Crippen LogP contribution in [-0.2, 0) is 4.79 Å². The largest absolute Gasteiger partial charge is 0.505 e. The van der Waals surface area contributed by atoms with Gasteiger partial charge in [-0.25, -0.2) is 4.98 Å². The van der Waals surface area contributed by atoms with Gasteiger partial charge in [-0.15, -0.1) is 0 Å². The first-order chi connectivity index (χ1) is 9.41. The summed E-state index contributed by atoms with van der Waals surface area (Å²) >= 11 is 5.96. The number of carboxylic acids is 1. The summed E-state index contributed by atoms with van der Waals surface area (Å²) in [6, 6.07) is 5.55. The molecule has 0 aliphatic heterocycles. The summed E-state index contributed by atoms with van der Waals surface area (Å²) in [5.41, 5.74) is -0.304. The molecular weight excluding hydrogens is 284 g/mol. The average Bonchev–Trinajstić information content (AvgIpc) is 2.42. The Bertz CT molecular complexity index is 702. The number of benzene rings is 1. The van der Waals surface area contributed by atoms with Crippen LogP contribution >= 0.6 is 11.6 Å². The summed E-state index contributed by atoms with van der Waals surface area (Å²) in [5.74, 6) is -2.32. The van der Waals surface area contributed by atoms with Crippen LogP contribution in [0, 0.1) is 0 Å². The highest BCUT2D eigenvalue weighted by molar-refractivity contribution is 6.34. The lowest BCUT2D eigenvalue weighted by Gasteiger charge is -2.11. The molecule has 2 aromatic rings. The molecule has 0 bridgehead atoms. The number of pyridine rings is 1. The molecule has 7 heteroatoms. The monoisotopic (exact) mass is 294 g/mol. The number of nitrogens with one attached hydrogen (secondary N) is 1. The van der Waals surface area contributed by atoms with Crippen LogP contribution in [0.4, 0.5) is 0 Å². The van der Waals surface area contributed by atoms with Crippen LogP contribution < -0.4 is 5.32 Å². The van der Waals surface area contributed by atoms with Crippen LogP contribution in [-0.4, -0.2) is 33.1 Å². The van der Waals surface area contributed by atoms with Gasteiger partial charge >= 0.3 is 5.97 Å². The quantitative estimate of drug-likeness (QED) is 0.750. The van der Waals surface area contributed by atoms with Crippen molar-refractivity contribution in [1.82, 2.24) is 10.3 Å². The number of carbonyl (C=O) groups is 2. The Morgan fingerprint density at radius 3 is 2.50 bits per heavy atom. The molecule has 1 amide bonds. The van der Waals surface area contributed by atoms with Crippen molar-refractivity contribution < 1.29 is 19.8 Å². The van der Waals surface area contributed by atoms with Gasteiger partial charge in [0.15, 0.2) is 11.4 Å². The Labute approximate surface area is 119 Å². The molecule has 0 aliphatic rings. The highest BCUT2D eigenvalue weighted by atomic mass is 35.5. The molecule has 3 N–H and O–H groups in total. The van der Waals surface area contributed by atoms with Gasteiger partial charge < -0.3 is 15.5 Å². The molecular formula is C13H11ClN2O4. The average molecular weight is 295 g/mol. The van der Waals surface area contributed by atoms with E-state index in [1.807, 2.05) is 0 Å². The number of fused-ring (bicyclic) bond motifs is 1. The minimum Gasteiger partial charge on any atom is -0.505 e. The van der Waals surface area contributed by atoms with Gasteiger partial charge in [0.25, 0.3) is 5.91 Å². The lowest BCUT2D eigenvalue weighted by atomic mass is 10.1. The van der Waals surface area contributed by atoms with Crippen LogP contribution in [0.3, 0.4) is 0 Å². The molecule has 0 fully saturated rings. The van der Waals surface area contributed by atoms with Crippen LogP contribution in [0.25, 0.3) is 10.8 Å². The predicted octanol–water partition coefficient (Wildman–Crippen LogP) is 1.80. The minimum atomic E-state index is -1.19. The van der Waals surface area contributed by atoms with E-state index in [1.54, 1.807) is 24.3 Å². The number of hydrogen-bond donors (Lipinski definition) is 3. The topological polar surface area (TPSA) is 99.5 Å². The van der Waals surface area contributed by atoms with E-state index in [0.717, 1.165) is 0 Å². The van der Waals surface area contributed by atoms with Gasteiger partial charge in [-0.2, -0.15) is 0 Å². The van der Waals surface area contributed by atoms with E-state index < -0.39 is 17.9 Å². The van der Waals surface area contributed by atoms with Gasteiger partial charge in [0, 0.05) is 10.8 Å². The first-order valence-electron chi connectivity index (χ1n) is 5.72. The first-order valence-corrected chi connectivity index (χ1v) is 6.10.